The number of rotatable bonds is 4. The Morgan fingerprint density at radius 1 is 1.56 bits per heavy atom. The first kappa shape index (κ1) is 13.3. The predicted molar refractivity (Wildman–Crippen MR) is 71.7 cm³/mol. The number of hydrogen-bond donors (Lipinski definition) is 3. The zero-order chi connectivity index (χ0) is 13.2. The minimum atomic E-state index is -0.667. The fourth-order valence-corrected chi connectivity index (χ4v) is 2.38. The van der Waals surface area contributed by atoms with Crippen LogP contribution in [0.1, 0.15) is 50.4 Å². The zero-order valence-corrected chi connectivity index (χ0v) is 11.1. The highest BCUT2D eigenvalue weighted by Gasteiger charge is 2.24. The average Bonchev–Trinajstić information content (AvgIpc) is 2.36. The van der Waals surface area contributed by atoms with Crippen molar-refractivity contribution >= 4 is 0 Å². The molecule has 1 aliphatic rings. The minimum Gasteiger partial charge on any atom is -0.389 e. The third-order valence-corrected chi connectivity index (χ3v) is 3.82. The van der Waals surface area contributed by atoms with E-state index in [1.54, 1.807) is 6.07 Å². The highest BCUT2D eigenvalue weighted by molar-refractivity contribution is 5.26. The first-order valence-corrected chi connectivity index (χ1v) is 6.70. The lowest BCUT2D eigenvalue weighted by Gasteiger charge is -2.30. The molecule has 4 nitrogen and oxygen atoms in total. The molecule has 0 spiro atoms. The van der Waals surface area contributed by atoms with Gasteiger partial charge in [0.15, 0.2) is 0 Å². The van der Waals surface area contributed by atoms with Gasteiger partial charge in [0.1, 0.15) is 0 Å². The van der Waals surface area contributed by atoms with Gasteiger partial charge in [0, 0.05) is 24.3 Å². The van der Waals surface area contributed by atoms with E-state index in [4.69, 9.17) is 0 Å². The number of aromatic nitrogens is 1. The van der Waals surface area contributed by atoms with Gasteiger partial charge in [0.25, 0.3) is 0 Å². The van der Waals surface area contributed by atoms with Crippen LogP contribution in [0.15, 0.2) is 16.9 Å². The van der Waals surface area contributed by atoms with Gasteiger partial charge in [-0.15, -0.1) is 0 Å². The van der Waals surface area contributed by atoms with Crippen LogP contribution in [0.4, 0.5) is 0 Å². The zero-order valence-electron chi connectivity index (χ0n) is 11.1. The van der Waals surface area contributed by atoms with E-state index in [2.05, 4.69) is 10.3 Å². The fourth-order valence-electron chi connectivity index (χ4n) is 2.38. The van der Waals surface area contributed by atoms with Crippen molar-refractivity contribution in [1.82, 2.24) is 10.3 Å². The number of fused-ring (bicyclic) bond motifs is 1. The molecular weight excluding hydrogens is 228 g/mol. The standard InChI is InChI=1S/C14H22N2O2/c1-3-14(2,18)9-15-11-5-4-6-12-10(11)7-8-13(17)16-12/h7-8,11,15,18H,3-6,9H2,1-2H3,(H,16,17). The Hall–Kier alpha value is -1.13. The van der Waals surface area contributed by atoms with Gasteiger partial charge >= 0.3 is 0 Å². The van der Waals surface area contributed by atoms with Crippen molar-refractivity contribution in [3.05, 3.63) is 33.7 Å². The van der Waals surface area contributed by atoms with E-state index in [0.29, 0.717) is 6.54 Å². The summed E-state index contributed by atoms with van der Waals surface area (Å²) in [6, 6.07) is 3.73. The summed E-state index contributed by atoms with van der Waals surface area (Å²) in [5, 5.41) is 13.4. The molecule has 0 bridgehead atoms. The van der Waals surface area contributed by atoms with E-state index in [-0.39, 0.29) is 11.6 Å². The Balaban J connectivity index is 2.11. The van der Waals surface area contributed by atoms with E-state index in [1.165, 1.54) is 5.56 Å². The maximum atomic E-state index is 11.3. The van der Waals surface area contributed by atoms with Gasteiger partial charge in [-0.05, 0) is 38.2 Å². The van der Waals surface area contributed by atoms with Gasteiger partial charge in [-0.1, -0.05) is 13.0 Å². The van der Waals surface area contributed by atoms with E-state index < -0.39 is 5.60 Å². The summed E-state index contributed by atoms with van der Waals surface area (Å²) < 4.78 is 0. The summed E-state index contributed by atoms with van der Waals surface area (Å²) in [6.07, 6.45) is 3.79. The van der Waals surface area contributed by atoms with Gasteiger partial charge in [-0.2, -0.15) is 0 Å². The monoisotopic (exact) mass is 250 g/mol. The molecule has 0 fully saturated rings. The Morgan fingerprint density at radius 2 is 2.33 bits per heavy atom. The molecule has 18 heavy (non-hydrogen) atoms. The SMILES string of the molecule is CCC(C)(O)CNC1CCCc2[nH]c(=O)ccc21. The van der Waals surface area contributed by atoms with E-state index >= 15 is 0 Å². The molecule has 1 heterocycles. The topological polar surface area (TPSA) is 65.1 Å². The Bertz CT molecular complexity index is 465. The third kappa shape index (κ3) is 3.00. The number of hydrogen-bond acceptors (Lipinski definition) is 3. The molecule has 0 saturated heterocycles. The van der Waals surface area contributed by atoms with Gasteiger partial charge in [0.2, 0.25) is 5.56 Å². The molecule has 100 valence electrons. The largest absolute Gasteiger partial charge is 0.389 e. The summed E-state index contributed by atoms with van der Waals surface area (Å²) in [5.41, 5.74) is 1.52. The Labute approximate surface area is 107 Å². The maximum absolute atomic E-state index is 11.3. The fraction of sp³-hybridized carbons (Fsp3) is 0.643. The van der Waals surface area contributed by atoms with Crippen LogP contribution in [0.2, 0.25) is 0 Å². The summed E-state index contributed by atoms with van der Waals surface area (Å²) in [6.45, 7) is 4.40. The third-order valence-electron chi connectivity index (χ3n) is 3.82. The number of aryl methyl sites for hydroxylation is 1. The van der Waals surface area contributed by atoms with E-state index in [1.807, 2.05) is 19.9 Å². The molecule has 0 aliphatic heterocycles. The number of aliphatic hydroxyl groups is 1. The molecule has 3 N–H and O–H groups in total. The minimum absolute atomic E-state index is 0.0324. The Morgan fingerprint density at radius 3 is 3.06 bits per heavy atom. The van der Waals surface area contributed by atoms with Gasteiger partial charge < -0.3 is 15.4 Å². The average molecular weight is 250 g/mol. The highest BCUT2D eigenvalue weighted by atomic mass is 16.3. The highest BCUT2D eigenvalue weighted by Crippen LogP contribution is 2.27. The van der Waals surface area contributed by atoms with Crippen LogP contribution in [-0.2, 0) is 6.42 Å². The normalized spacial score (nSPS) is 22.3. The molecule has 0 aromatic carbocycles. The van der Waals surface area contributed by atoms with Crippen molar-refractivity contribution in [2.24, 2.45) is 0 Å². The van der Waals surface area contributed by atoms with Crippen molar-refractivity contribution in [3.8, 4) is 0 Å². The molecule has 0 radical (unpaired) electrons. The van der Waals surface area contributed by atoms with Crippen LogP contribution < -0.4 is 10.9 Å². The summed E-state index contributed by atoms with van der Waals surface area (Å²) in [4.78, 5) is 14.2. The molecule has 2 atom stereocenters. The van der Waals surface area contributed by atoms with Crippen molar-refractivity contribution in [2.45, 2.75) is 51.2 Å². The van der Waals surface area contributed by atoms with Gasteiger partial charge in [-0.3, -0.25) is 4.79 Å². The molecule has 2 rings (SSSR count). The van der Waals surface area contributed by atoms with Crippen LogP contribution in [0, 0.1) is 0 Å². The van der Waals surface area contributed by atoms with Crippen molar-refractivity contribution in [1.29, 1.82) is 0 Å². The molecule has 1 aromatic rings. The van der Waals surface area contributed by atoms with Crippen LogP contribution >= 0.6 is 0 Å². The lowest BCUT2D eigenvalue weighted by molar-refractivity contribution is 0.0521. The smallest absolute Gasteiger partial charge is 0.248 e. The number of pyridine rings is 1. The molecule has 1 aliphatic carbocycles. The van der Waals surface area contributed by atoms with Gasteiger partial charge in [-0.25, -0.2) is 0 Å². The van der Waals surface area contributed by atoms with Gasteiger partial charge in [0.05, 0.1) is 5.60 Å². The first-order chi connectivity index (χ1) is 8.52. The molecule has 1 aromatic heterocycles. The molecular formula is C14H22N2O2. The number of aromatic amines is 1. The summed E-state index contributed by atoms with van der Waals surface area (Å²) in [7, 11) is 0. The van der Waals surface area contributed by atoms with Crippen molar-refractivity contribution < 1.29 is 5.11 Å². The molecule has 0 saturated carbocycles. The maximum Gasteiger partial charge on any atom is 0.248 e. The number of H-pyrrole nitrogens is 1. The first-order valence-electron chi connectivity index (χ1n) is 6.70. The van der Waals surface area contributed by atoms with Crippen LogP contribution in [-0.4, -0.2) is 22.2 Å². The Kier molecular flexibility index (Phi) is 3.88. The van der Waals surface area contributed by atoms with Crippen LogP contribution in [0.25, 0.3) is 0 Å². The van der Waals surface area contributed by atoms with Crippen LogP contribution in [0.5, 0.6) is 0 Å². The summed E-state index contributed by atoms with van der Waals surface area (Å²) in [5.74, 6) is 0. The van der Waals surface area contributed by atoms with E-state index in [0.717, 1.165) is 31.4 Å². The van der Waals surface area contributed by atoms with Crippen molar-refractivity contribution in [3.63, 3.8) is 0 Å². The second-order valence-corrected chi connectivity index (χ2v) is 5.43. The molecule has 2 unspecified atom stereocenters. The number of nitrogens with one attached hydrogen (secondary N) is 2. The lowest BCUT2D eigenvalue weighted by atomic mass is 9.90. The van der Waals surface area contributed by atoms with Crippen molar-refractivity contribution in [2.75, 3.05) is 6.54 Å². The quantitative estimate of drug-likeness (QED) is 0.759. The van der Waals surface area contributed by atoms with Crippen LogP contribution in [0.3, 0.4) is 0 Å². The molecule has 4 heteroatoms. The second-order valence-electron chi connectivity index (χ2n) is 5.43. The second kappa shape index (κ2) is 5.24. The van der Waals surface area contributed by atoms with E-state index in [9.17, 15) is 9.90 Å². The predicted octanol–water partition coefficient (Wildman–Crippen LogP) is 1.50. The lowest BCUT2D eigenvalue weighted by Crippen LogP contribution is -2.40. The summed E-state index contributed by atoms with van der Waals surface area (Å²) >= 11 is 0. The molecule has 0 amide bonds.